The number of hydrogen-bond acceptors (Lipinski definition) is 6. The van der Waals surface area contributed by atoms with Gasteiger partial charge in [-0.2, -0.15) is 0 Å². The number of hydrogen-bond donors (Lipinski definition) is 0. The van der Waals surface area contributed by atoms with Gasteiger partial charge in [0.05, 0.1) is 17.9 Å². The van der Waals surface area contributed by atoms with Crippen LogP contribution in [0.15, 0.2) is 12.1 Å². The molecule has 0 spiro atoms. The number of aryl methyl sites for hydroxylation is 1. The minimum atomic E-state index is -4.93. The summed E-state index contributed by atoms with van der Waals surface area (Å²) in [5, 5.41) is 0. The van der Waals surface area contributed by atoms with Gasteiger partial charge in [-0.25, -0.2) is 9.59 Å². The molecule has 0 radical (unpaired) electrons. The summed E-state index contributed by atoms with van der Waals surface area (Å²) in [6, 6.07) is 2.58. The molecule has 0 unspecified atom stereocenters. The van der Waals surface area contributed by atoms with Crippen molar-refractivity contribution in [3.05, 3.63) is 23.3 Å². The molecule has 7 nitrogen and oxygen atoms in total. The van der Waals surface area contributed by atoms with Crippen LogP contribution in [0.3, 0.4) is 0 Å². The standard InChI is InChI=1S/C21H29F3N2O5/c1-6-14-12-15(18(27)29-7-2)13-16(30-21(22,23)24)17(14)25-8-10-26(11-9-25)19(28)31-20(3,4)5/h12-13H,6-11H2,1-5H3. The van der Waals surface area contributed by atoms with Crippen molar-refractivity contribution in [3.63, 3.8) is 0 Å². The lowest BCUT2D eigenvalue weighted by molar-refractivity contribution is -0.274. The van der Waals surface area contributed by atoms with E-state index >= 15 is 0 Å². The number of benzene rings is 1. The average molecular weight is 446 g/mol. The first-order valence-corrected chi connectivity index (χ1v) is 10.2. The number of halogens is 3. The Labute approximate surface area is 180 Å². The molecule has 0 aliphatic carbocycles. The molecule has 1 aromatic rings. The highest BCUT2D eigenvalue weighted by molar-refractivity contribution is 5.91. The van der Waals surface area contributed by atoms with Crippen LogP contribution in [0.1, 0.15) is 50.5 Å². The molecule has 0 N–H and O–H groups in total. The molecule has 2 rings (SSSR count). The smallest absolute Gasteiger partial charge is 0.462 e. The Morgan fingerprint density at radius 1 is 1.03 bits per heavy atom. The maximum Gasteiger partial charge on any atom is 0.573 e. The summed E-state index contributed by atoms with van der Waals surface area (Å²) < 4.78 is 53.9. The Kier molecular flexibility index (Phi) is 7.67. The van der Waals surface area contributed by atoms with Crippen LogP contribution in [0.25, 0.3) is 0 Å². The Morgan fingerprint density at radius 2 is 1.65 bits per heavy atom. The fraction of sp³-hybridized carbons (Fsp3) is 0.619. The first-order chi connectivity index (χ1) is 14.3. The number of rotatable bonds is 5. The van der Waals surface area contributed by atoms with Crippen LogP contribution in [0.4, 0.5) is 23.7 Å². The van der Waals surface area contributed by atoms with Gasteiger partial charge in [0.15, 0.2) is 5.75 Å². The first-order valence-electron chi connectivity index (χ1n) is 10.2. The van der Waals surface area contributed by atoms with Crippen molar-refractivity contribution in [2.45, 2.75) is 53.0 Å². The third kappa shape index (κ3) is 6.93. The SMILES string of the molecule is CCOC(=O)c1cc(CC)c(N2CCN(C(=O)OC(C)(C)C)CC2)c(OC(F)(F)F)c1. The summed E-state index contributed by atoms with van der Waals surface area (Å²) in [5.41, 5.74) is 0.140. The number of ether oxygens (including phenoxy) is 3. The topological polar surface area (TPSA) is 68.3 Å². The molecule has 1 aliphatic heterocycles. The number of amides is 1. The van der Waals surface area contributed by atoms with Gasteiger partial charge < -0.3 is 24.0 Å². The van der Waals surface area contributed by atoms with Crippen LogP contribution in [-0.4, -0.2) is 61.7 Å². The van der Waals surface area contributed by atoms with E-state index in [9.17, 15) is 22.8 Å². The summed E-state index contributed by atoms with van der Waals surface area (Å²) in [6.07, 6.45) is -5.01. The number of nitrogens with zero attached hydrogens (tertiary/aromatic N) is 2. The molecular weight excluding hydrogens is 417 g/mol. The number of esters is 1. The molecule has 1 aromatic carbocycles. The summed E-state index contributed by atoms with van der Waals surface area (Å²) in [7, 11) is 0. The van der Waals surface area contributed by atoms with E-state index in [1.165, 1.54) is 11.0 Å². The van der Waals surface area contributed by atoms with E-state index in [0.29, 0.717) is 25.1 Å². The first kappa shape index (κ1) is 24.6. The Bertz CT molecular complexity index is 797. The van der Waals surface area contributed by atoms with Crippen molar-refractivity contribution in [1.82, 2.24) is 4.90 Å². The average Bonchev–Trinajstić information content (AvgIpc) is 2.65. The number of carbonyl (C=O) groups excluding carboxylic acids is 2. The third-order valence-electron chi connectivity index (χ3n) is 4.52. The lowest BCUT2D eigenvalue weighted by atomic mass is 10.0. The summed E-state index contributed by atoms with van der Waals surface area (Å²) in [4.78, 5) is 27.6. The van der Waals surface area contributed by atoms with Gasteiger partial charge in [-0.1, -0.05) is 6.92 Å². The number of alkyl halides is 3. The molecule has 0 atom stereocenters. The number of piperazine rings is 1. The predicted molar refractivity (Wildman–Crippen MR) is 108 cm³/mol. The fourth-order valence-corrected chi connectivity index (χ4v) is 3.27. The second kappa shape index (κ2) is 9.65. The Hall–Kier alpha value is -2.65. The minimum Gasteiger partial charge on any atom is -0.462 e. The fourth-order valence-electron chi connectivity index (χ4n) is 3.27. The molecule has 1 amide bonds. The van der Waals surface area contributed by atoms with Crippen LogP contribution >= 0.6 is 0 Å². The third-order valence-corrected chi connectivity index (χ3v) is 4.52. The van der Waals surface area contributed by atoms with Crippen molar-refractivity contribution in [3.8, 4) is 5.75 Å². The Balaban J connectivity index is 2.32. The van der Waals surface area contributed by atoms with Crippen molar-refractivity contribution in [2.75, 3.05) is 37.7 Å². The van der Waals surface area contributed by atoms with E-state index in [-0.39, 0.29) is 30.9 Å². The second-order valence-corrected chi connectivity index (χ2v) is 8.06. The maximum atomic E-state index is 13.1. The van der Waals surface area contributed by atoms with E-state index < -0.39 is 29.8 Å². The quantitative estimate of drug-likeness (QED) is 0.626. The molecule has 31 heavy (non-hydrogen) atoms. The van der Waals surface area contributed by atoms with Gasteiger partial charge in [0.2, 0.25) is 0 Å². The molecule has 0 bridgehead atoms. The highest BCUT2D eigenvalue weighted by Gasteiger charge is 2.35. The van der Waals surface area contributed by atoms with Gasteiger partial charge in [-0.05, 0) is 51.8 Å². The van der Waals surface area contributed by atoms with Crippen LogP contribution < -0.4 is 9.64 Å². The van der Waals surface area contributed by atoms with Gasteiger partial charge >= 0.3 is 18.4 Å². The van der Waals surface area contributed by atoms with Crippen LogP contribution in [-0.2, 0) is 15.9 Å². The molecule has 0 aromatic heterocycles. The van der Waals surface area contributed by atoms with E-state index in [4.69, 9.17) is 9.47 Å². The van der Waals surface area contributed by atoms with Gasteiger partial charge in [0.1, 0.15) is 5.60 Å². The molecule has 0 saturated carbocycles. The predicted octanol–water partition coefficient (Wildman–Crippen LogP) is 4.38. The summed E-state index contributed by atoms with van der Waals surface area (Å²) in [5.74, 6) is -1.17. The monoisotopic (exact) mass is 446 g/mol. The zero-order valence-corrected chi connectivity index (χ0v) is 18.5. The lowest BCUT2D eigenvalue weighted by Gasteiger charge is -2.38. The molecule has 10 heteroatoms. The van der Waals surface area contributed by atoms with E-state index in [2.05, 4.69) is 4.74 Å². The molecule has 1 heterocycles. The van der Waals surface area contributed by atoms with Crippen LogP contribution in [0.2, 0.25) is 0 Å². The minimum absolute atomic E-state index is 0.00547. The van der Waals surface area contributed by atoms with Crippen LogP contribution in [0.5, 0.6) is 5.75 Å². The van der Waals surface area contributed by atoms with E-state index in [0.717, 1.165) is 6.07 Å². The zero-order chi connectivity index (χ0) is 23.4. The van der Waals surface area contributed by atoms with E-state index in [1.54, 1.807) is 39.5 Å². The van der Waals surface area contributed by atoms with Gasteiger partial charge in [0, 0.05) is 26.2 Å². The second-order valence-electron chi connectivity index (χ2n) is 8.06. The highest BCUT2D eigenvalue weighted by atomic mass is 19.4. The normalized spacial score (nSPS) is 15.0. The molecular formula is C21H29F3N2O5. The van der Waals surface area contributed by atoms with Gasteiger partial charge in [-0.15, -0.1) is 13.2 Å². The molecule has 1 saturated heterocycles. The lowest BCUT2D eigenvalue weighted by Crippen LogP contribution is -2.50. The summed E-state index contributed by atoms with van der Waals surface area (Å²) >= 11 is 0. The van der Waals surface area contributed by atoms with Crippen molar-refractivity contribution in [1.29, 1.82) is 0 Å². The molecule has 174 valence electrons. The largest absolute Gasteiger partial charge is 0.573 e. The van der Waals surface area contributed by atoms with Gasteiger partial charge in [0.25, 0.3) is 0 Å². The van der Waals surface area contributed by atoms with Gasteiger partial charge in [-0.3, -0.25) is 0 Å². The highest BCUT2D eigenvalue weighted by Crippen LogP contribution is 2.38. The van der Waals surface area contributed by atoms with Crippen molar-refractivity contribution >= 4 is 17.7 Å². The number of anilines is 1. The van der Waals surface area contributed by atoms with Crippen molar-refractivity contribution in [2.24, 2.45) is 0 Å². The van der Waals surface area contributed by atoms with E-state index in [1.807, 2.05) is 0 Å². The zero-order valence-electron chi connectivity index (χ0n) is 18.5. The van der Waals surface area contributed by atoms with Crippen molar-refractivity contribution < 1.29 is 37.0 Å². The summed E-state index contributed by atoms with van der Waals surface area (Å²) in [6.45, 7) is 9.93. The molecule has 1 aliphatic rings. The Morgan fingerprint density at radius 3 is 2.13 bits per heavy atom. The van der Waals surface area contributed by atoms with Crippen LogP contribution in [0, 0.1) is 0 Å². The number of carbonyl (C=O) groups is 2. The maximum absolute atomic E-state index is 13.1. The molecule has 1 fully saturated rings.